The maximum absolute atomic E-state index is 6.17. The summed E-state index contributed by atoms with van der Waals surface area (Å²) in [5, 5.41) is 3.66. The average molecular weight is 369 g/mol. The Labute approximate surface area is 132 Å². The van der Waals surface area contributed by atoms with Crippen LogP contribution in [0, 0.1) is 0 Å². The van der Waals surface area contributed by atoms with Crippen molar-refractivity contribution in [2.24, 2.45) is 7.92 Å². The van der Waals surface area contributed by atoms with Crippen LogP contribution >= 0.6 is 22.9 Å². The Morgan fingerprint density at radius 2 is 2.30 bits per heavy atom. The van der Waals surface area contributed by atoms with Crippen molar-refractivity contribution in [2.75, 3.05) is 5.32 Å². The minimum atomic E-state index is 0.0174. The van der Waals surface area contributed by atoms with Gasteiger partial charge in [0.15, 0.2) is 0 Å². The Hall–Kier alpha value is -0.871. The van der Waals surface area contributed by atoms with Gasteiger partial charge < -0.3 is 0 Å². The van der Waals surface area contributed by atoms with Gasteiger partial charge in [-0.15, -0.1) is 0 Å². The molecule has 2 heterocycles. The van der Waals surface area contributed by atoms with Crippen molar-refractivity contribution in [3.63, 3.8) is 0 Å². The summed E-state index contributed by atoms with van der Waals surface area (Å²) in [4.78, 5) is 1.43. The van der Waals surface area contributed by atoms with Crippen molar-refractivity contribution in [1.82, 2.24) is 0 Å². The predicted octanol–water partition coefficient (Wildman–Crippen LogP) is 5.24. The fourth-order valence-electron chi connectivity index (χ4n) is 2.78. The molecule has 2 aromatic rings. The number of fused-ring (bicyclic) bond motifs is 2. The number of hydrogen-bond donors (Lipinski definition) is 1. The van der Waals surface area contributed by atoms with Crippen LogP contribution in [0.2, 0.25) is 4.34 Å². The van der Waals surface area contributed by atoms with E-state index in [-0.39, 0.29) is 14.6 Å². The first-order chi connectivity index (χ1) is 9.81. The molecule has 1 aliphatic carbocycles. The quantitative estimate of drug-likeness (QED) is 0.617. The molecule has 0 radical (unpaired) electrons. The van der Waals surface area contributed by atoms with Crippen LogP contribution in [0.15, 0.2) is 32.2 Å². The third kappa shape index (κ3) is 2.19. The van der Waals surface area contributed by atoms with Crippen LogP contribution in [-0.4, -0.2) is 14.6 Å². The summed E-state index contributed by atoms with van der Waals surface area (Å²) < 4.78 is 9.87. The second kappa shape index (κ2) is 5.15. The molecular formula is C14H12ClN3SSe. The Bertz CT molecular complexity index is 749. The van der Waals surface area contributed by atoms with E-state index in [4.69, 9.17) is 11.6 Å². The molecule has 1 aliphatic heterocycles. The van der Waals surface area contributed by atoms with Gasteiger partial charge >= 0.3 is 132 Å². The number of nitrogens with zero attached hydrogens (tertiary/aromatic N) is 2. The first-order valence-corrected chi connectivity index (χ1v) is 9.30. The van der Waals surface area contributed by atoms with Crippen molar-refractivity contribution in [1.29, 1.82) is 0 Å². The van der Waals surface area contributed by atoms with E-state index in [0.29, 0.717) is 6.04 Å². The molecule has 0 saturated carbocycles. The zero-order valence-corrected chi connectivity index (χ0v) is 13.9. The summed E-state index contributed by atoms with van der Waals surface area (Å²) >= 11 is 7.91. The van der Waals surface area contributed by atoms with E-state index >= 15 is 0 Å². The van der Waals surface area contributed by atoms with Gasteiger partial charge in [-0.2, -0.15) is 0 Å². The first kappa shape index (κ1) is 12.8. The van der Waals surface area contributed by atoms with Crippen molar-refractivity contribution < 1.29 is 0 Å². The topological polar surface area (TPSA) is 36.8 Å². The van der Waals surface area contributed by atoms with Gasteiger partial charge in [0, 0.05) is 0 Å². The number of nitrogens with one attached hydrogen (secondary N) is 1. The molecule has 0 fully saturated rings. The summed E-state index contributed by atoms with van der Waals surface area (Å²) in [6, 6.07) is 8.64. The third-order valence-corrected chi connectivity index (χ3v) is 6.18. The summed E-state index contributed by atoms with van der Waals surface area (Å²) in [7, 11) is 0. The Morgan fingerprint density at radius 1 is 1.35 bits per heavy atom. The molecule has 4 rings (SSSR count). The molecule has 2 aliphatic rings. The van der Waals surface area contributed by atoms with Gasteiger partial charge in [-0.1, -0.05) is 0 Å². The second-order valence-corrected chi connectivity index (χ2v) is 7.83. The zero-order chi connectivity index (χ0) is 13.5. The minimum absolute atomic E-state index is 0.0174. The van der Waals surface area contributed by atoms with Gasteiger partial charge in [0.2, 0.25) is 0 Å². The van der Waals surface area contributed by atoms with Crippen LogP contribution in [0.4, 0.5) is 17.1 Å². The van der Waals surface area contributed by atoms with Crippen molar-refractivity contribution in [3.05, 3.63) is 39.0 Å². The number of aryl methyl sites for hydroxylation is 1. The molecule has 6 heteroatoms. The van der Waals surface area contributed by atoms with E-state index in [1.54, 1.807) is 11.3 Å². The first-order valence-electron chi connectivity index (χ1n) is 6.57. The molecule has 20 heavy (non-hydrogen) atoms. The van der Waals surface area contributed by atoms with E-state index in [9.17, 15) is 0 Å². The van der Waals surface area contributed by atoms with Crippen LogP contribution in [-0.2, 0) is 6.42 Å². The van der Waals surface area contributed by atoms with Gasteiger partial charge in [0.05, 0.1) is 0 Å². The fraction of sp³-hybridized carbons (Fsp3) is 0.286. The molecule has 3 nitrogen and oxygen atoms in total. The molecule has 1 aromatic heterocycles. The predicted molar refractivity (Wildman–Crippen MR) is 85.0 cm³/mol. The van der Waals surface area contributed by atoms with Crippen LogP contribution in [0.3, 0.4) is 0 Å². The zero-order valence-electron chi connectivity index (χ0n) is 10.6. The molecule has 1 N–H and O–H groups in total. The van der Waals surface area contributed by atoms with Gasteiger partial charge in [-0.05, 0) is 0 Å². The molecular weight excluding hydrogens is 357 g/mol. The van der Waals surface area contributed by atoms with Gasteiger partial charge in [0.25, 0.3) is 0 Å². The summed E-state index contributed by atoms with van der Waals surface area (Å²) in [5.41, 5.74) is 4.52. The molecule has 0 spiro atoms. The number of hydrogen-bond acceptors (Lipinski definition) is 4. The summed E-state index contributed by atoms with van der Waals surface area (Å²) in [6.07, 6.45) is 3.51. The van der Waals surface area contributed by atoms with Crippen LogP contribution < -0.4 is 5.32 Å². The molecule has 1 atom stereocenters. The third-order valence-electron chi connectivity index (χ3n) is 3.70. The molecule has 0 bridgehead atoms. The number of anilines is 1. The standard InChI is InChI=1S/C14H12ClN3SSe/c15-13-7-8-9(3-2-6-12(8)19-13)16-10-4-1-5-11-14(10)18-20-17-11/h1,4-5,7,9,16H,2-3,6H2. The average Bonchev–Trinajstić information content (AvgIpc) is 3.05. The Kier molecular flexibility index (Phi) is 3.31. The maximum atomic E-state index is 6.17. The molecule has 1 aromatic carbocycles. The van der Waals surface area contributed by atoms with E-state index in [0.717, 1.165) is 34.2 Å². The van der Waals surface area contributed by atoms with Crippen molar-refractivity contribution in [3.8, 4) is 0 Å². The number of thiophene rings is 1. The number of benzene rings is 1. The Balaban J connectivity index is 1.68. The number of halogens is 1. The van der Waals surface area contributed by atoms with Crippen LogP contribution in [0.1, 0.15) is 29.3 Å². The number of rotatable bonds is 2. The van der Waals surface area contributed by atoms with E-state index in [1.807, 2.05) is 12.1 Å². The fourth-order valence-corrected chi connectivity index (χ4v) is 5.32. The van der Waals surface area contributed by atoms with Gasteiger partial charge in [-0.3, -0.25) is 0 Å². The monoisotopic (exact) mass is 369 g/mol. The second-order valence-electron chi connectivity index (χ2n) is 4.96. The van der Waals surface area contributed by atoms with E-state index in [1.165, 1.54) is 16.9 Å². The Morgan fingerprint density at radius 3 is 3.25 bits per heavy atom. The molecule has 1 unspecified atom stereocenters. The molecule has 102 valence electrons. The van der Waals surface area contributed by atoms with E-state index in [2.05, 4.69) is 25.4 Å². The van der Waals surface area contributed by atoms with E-state index < -0.39 is 0 Å². The van der Waals surface area contributed by atoms with Crippen molar-refractivity contribution >= 4 is 54.6 Å². The SMILES string of the molecule is Clc1cc2c(s1)CCCC2Nc1cccc2c1N=[Se]=N2. The van der Waals surface area contributed by atoms with Crippen molar-refractivity contribution in [2.45, 2.75) is 25.3 Å². The van der Waals surface area contributed by atoms with Gasteiger partial charge in [-0.25, -0.2) is 0 Å². The molecule has 0 amide bonds. The van der Waals surface area contributed by atoms with Gasteiger partial charge in [0.1, 0.15) is 0 Å². The van der Waals surface area contributed by atoms with Crippen LogP contribution in [0.5, 0.6) is 0 Å². The molecule has 0 saturated heterocycles. The summed E-state index contributed by atoms with van der Waals surface area (Å²) in [6.45, 7) is 0. The summed E-state index contributed by atoms with van der Waals surface area (Å²) in [5.74, 6) is 0. The van der Waals surface area contributed by atoms with Crippen LogP contribution in [0.25, 0.3) is 0 Å². The normalized spacial score (nSPS) is 19.4.